The molecular weight excluding hydrogens is 278 g/mol. The minimum absolute atomic E-state index is 0.302. The zero-order valence-electron chi connectivity index (χ0n) is 12.5. The minimum Gasteiger partial charge on any atom is -0.489 e. The van der Waals surface area contributed by atoms with Crippen molar-refractivity contribution in [2.24, 2.45) is 5.73 Å². The van der Waals surface area contributed by atoms with Crippen molar-refractivity contribution in [2.45, 2.75) is 18.4 Å². The van der Waals surface area contributed by atoms with Crippen molar-refractivity contribution in [1.29, 1.82) is 0 Å². The van der Waals surface area contributed by atoms with Gasteiger partial charge in [-0.1, -0.05) is 42.5 Å². The molecule has 1 unspecified atom stereocenters. The van der Waals surface area contributed by atoms with Crippen LogP contribution in [0.1, 0.15) is 23.1 Å². The summed E-state index contributed by atoms with van der Waals surface area (Å²) in [5, 5.41) is 0. The van der Waals surface area contributed by atoms with E-state index in [2.05, 4.69) is 0 Å². The largest absolute Gasteiger partial charge is 0.489 e. The van der Waals surface area contributed by atoms with E-state index in [1.807, 2.05) is 48.5 Å². The summed E-state index contributed by atoms with van der Waals surface area (Å²) in [5.74, 6) is 0.404. The standard InChI is InChI=1S/C18H19NO3/c1-21-17(20)18(10-11-19)14-7-3-2-6-13(14)12-22-16-9-5-4-8-15(16)18/h2-9H,10-12,19H2,1H3. The van der Waals surface area contributed by atoms with Gasteiger partial charge in [-0.3, -0.25) is 4.79 Å². The number of para-hydroxylation sites is 1. The van der Waals surface area contributed by atoms with Gasteiger partial charge in [0.1, 0.15) is 17.8 Å². The second-order valence-corrected chi connectivity index (χ2v) is 5.38. The zero-order chi connectivity index (χ0) is 15.6. The zero-order valence-corrected chi connectivity index (χ0v) is 12.5. The molecule has 0 aromatic heterocycles. The molecular formula is C18H19NO3. The van der Waals surface area contributed by atoms with E-state index in [1.165, 1.54) is 7.11 Å². The van der Waals surface area contributed by atoms with Crippen LogP contribution in [0.5, 0.6) is 5.75 Å². The van der Waals surface area contributed by atoms with Crippen LogP contribution in [-0.4, -0.2) is 19.6 Å². The van der Waals surface area contributed by atoms with Crippen molar-refractivity contribution >= 4 is 5.97 Å². The van der Waals surface area contributed by atoms with Crippen LogP contribution < -0.4 is 10.5 Å². The summed E-state index contributed by atoms with van der Waals surface area (Å²) >= 11 is 0. The third-order valence-corrected chi connectivity index (χ3v) is 4.26. The van der Waals surface area contributed by atoms with Crippen molar-refractivity contribution in [3.05, 3.63) is 65.2 Å². The number of methoxy groups -OCH3 is 1. The van der Waals surface area contributed by atoms with Crippen LogP contribution in [0.2, 0.25) is 0 Å². The van der Waals surface area contributed by atoms with Gasteiger partial charge in [-0.05, 0) is 30.2 Å². The molecule has 0 amide bonds. The molecule has 1 aliphatic rings. The summed E-state index contributed by atoms with van der Waals surface area (Å²) in [7, 11) is 1.41. The van der Waals surface area contributed by atoms with Gasteiger partial charge in [0.05, 0.1) is 7.11 Å². The first kappa shape index (κ1) is 14.6. The molecule has 114 valence electrons. The molecule has 3 rings (SSSR count). The Morgan fingerprint density at radius 2 is 1.86 bits per heavy atom. The molecule has 0 spiro atoms. The van der Waals surface area contributed by atoms with Crippen LogP contribution in [0.25, 0.3) is 0 Å². The maximum Gasteiger partial charge on any atom is 0.321 e. The molecule has 0 aliphatic carbocycles. The van der Waals surface area contributed by atoms with Crippen LogP contribution in [0, 0.1) is 0 Å². The van der Waals surface area contributed by atoms with Gasteiger partial charge in [-0.25, -0.2) is 0 Å². The van der Waals surface area contributed by atoms with Gasteiger partial charge in [0.25, 0.3) is 0 Å². The molecule has 0 saturated heterocycles. The van der Waals surface area contributed by atoms with E-state index in [9.17, 15) is 4.79 Å². The Morgan fingerprint density at radius 3 is 2.59 bits per heavy atom. The predicted molar refractivity (Wildman–Crippen MR) is 83.7 cm³/mol. The first-order valence-corrected chi connectivity index (χ1v) is 7.33. The van der Waals surface area contributed by atoms with Crippen molar-refractivity contribution in [3.63, 3.8) is 0 Å². The number of hydrogen-bond acceptors (Lipinski definition) is 4. The van der Waals surface area contributed by atoms with Gasteiger partial charge in [-0.2, -0.15) is 0 Å². The van der Waals surface area contributed by atoms with E-state index in [0.29, 0.717) is 25.3 Å². The third-order valence-electron chi connectivity index (χ3n) is 4.26. The summed E-state index contributed by atoms with van der Waals surface area (Å²) in [6.07, 6.45) is 0.469. The first-order valence-electron chi connectivity index (χ1n) is 7.33. The molecule has 0 saturated carbocycles. The van der Waals surface area contributed by atoms with E-state index in [0.717, 1.165) is 16.7 Å². The van der Waals surface area contributed by atoms with Crippen molar-refractivity contribution in [2.75, 3.05) is 13.7 Å². The molecule has 4 heteroatoms. The van der Waals surface area contributed by atoms with Gasteiger partial charge < -0.3 is 15.2 Å². The monoisotopic (exact) mass is 297 g/mol. The van der Waals surface area contributed by atoms with E-state index >= 15 is 0 Å². The highest BCUT2D eigenvalue weighted by Crippen LogP contribution is 2.45. The molecule has 1 heterocycles. The van der Waals surface area contributed by atoms with Crippen LogP contribution in [0.15, 0.2) is 48.5 Å². The fraction of sp³-hybridized carbons (Fsp3) is 0.278. The average molecular weight is 297 g/mol. The first-order chi connectivity index (χ1) is 10.7. The quantitative estimate of drug-likeness (QED) is 0.884. The van der Waals surface area contributed by atoms with Gasteiger partial charge in [0.2, 0.25) is 0 Å². The molecule has 4 nitrogen and oxygen atoms in total. The molecule has 1 aliphatic heterocycles. The van der Waals surface area contributed by atoms with Crippen molar-refractivity contribution in [3.8, 4) is 5.75 Å². The molecule has 0 radical (unpaired) electrons. The van der Waals surface area contributed by atoms with Crippen LogP contribution in [0.3, 0.4) is 0 Å². The highest BCUT2D eigenvalue weighted by atomic mass is 16.5. The molecule has 2 aromatic rings. The SMILES string of the molecule is COC(=O)C1(CCN)c2ccccc2COc2ccccc21. The van der Waals surface area contributed by atoms with Gasteiger partial charge in [-0.15, -0.1) is 0 Å². The van der Waals surface area contributed by atoms with E-state index in [4.69, 9.17) is 15.2 Å². The lowest BCUT2D eigenvalue weighted by molar-refractivity contribution is -0.146. The second-order valence-electron chi connectivity index (χ2n) is 5.38. The number of benzene rings is 2. The van der Waals surface area contributed by atoms with Gasteiger partial charge in [0.15, 0.2) is 0 Å². The lowest BCUT2D eigenvalue weighted by atomic mass is 9.70. The normalized spacial score (nSPS) is 19.4. The number of hydrogen-bond donors (Lipinski definition) is 1. The van der Waals surface area contributed by atoms with E-state index < -0.39 is 5.41 Å². The molecule has 22 heavy (non-hydrogen) atoms. The second kappa shape index (κ2) is 5.81. The summed E-state index contributed by atoms with van der Waals surface area (Å²) in [5.41, 5.74) is 7.65. The number of ether oxygens (including phenoxy) is 2. The van der Waals surface area contributed by atoms with Gasteiger partial charge >= 0.3 is 5.97 Å². The Kier molecular flexibility index (Phi) is 3.86. The molecule has 1 atom stereocenters. The Labute approximate surface area is 129 Å². The maximum atomic E-state index is 12.8. The Hall–Kier alpha value is -2.33. The van der Waals surface area contributed by atoms with Crippen LogP contribution in [0.4, 0.5) is 0 Å². The van der Waals surface area contributed by atoms with Crippen molar-refractivity contribution < 1.29 is 14.3 Å². The third kappa shape index (κ3) is 2.07. The highest BCUT2D eigenvalue weighted by molar-refractivity contribution is 5.89. The number of fused-ring (bicyclic) bond motifs is 2. The Morgan fingerprint density at radius 1 is 1.18 bits per heavy atom. The lowest BCUT2D eigenvalue weighted by Crippen LogP contribution is -2.40. The smallest absolute Gasteiger partial charge is 0.321 e. The summed E-state index contributed by atoms with van der Waals surface area (Å²) in [6, 6.07) is 15.4. The Bertz CT molecular complexity index is 649. The van der Waals surface area contributed by atoms with Crippen LogP contribution in [-0.2, 0) is 21.6 Å². The topological polar surface area (TPSA) is 61.5 Å². The average Bonchev–Trinajstić information content (AvgIpc) is 2.71. The summed E-state index contributed by atoms with van der Waals surface area (Å²) in [6.45, 7) is 0.800. The number of carbonyl (C=O) groups is 1. The number of rotatable bonds is 3. The molecule has 2 aromatic carbocycles. The molecule has 0 bridgehead atoms. The van der Waals surface area contributed by atoms with E-state index in [1.54, 1.807) is 0 Å². The molecule has 2 N–H and O–H groups in total. The van der Waals surface area contributed by atoms with E-state index in [-0.39, 0.29) is 5.97 Å². The number of esters is 1. The minimum atomic E-state index is -0.923. The predicted octanol–water partition coefficient (Wildman–Crippen LogP) is 2.39. The fourth-order valence-corrected chi connectivity index (χ4v) is 3.29. The Balaban J connectivity index is 2.35. The summed E-state index contributed by atoms with van der Waals surface area (Å²) in [4.78, 5) is 12.8. The highest BCUT2D eigenvalue weighted by Gasteiger charge is 2.46. The van der Waals surface area contributed by atoms with Crippen LogP contribution >= 0.6 is 0 Å². The number of carbonyl (C=O) groups excluding carboxylic acids is 1. The van der Waals surface area contributed by atoms with Gasteiger partial charge in [0, 0.05) is 5.56 Å². The maximum absolute atomic E-state index is 12.8. The lowest BCUT2D eigenvalue weighted by Gasteiger charge is -2.32. The number of nitrogens with two attached hydrogens (primary N) is 1. The fourth-order valence-electron chi connectivity index (χ4n) is 3.29. The van der Waals surface area contributed by atoms with Crippen molar-refractivity contribution in [1.82, 2.24) is 0 Å². The molecule has 0 fully saturated rings. The summed E-state index contributed by atoms with van der Waals surface area (Å²) < 4.78 is 11.1.